The van der Waals surface area contributed by atoms with Crippen LogP contribution in [0.4, 0.5) is 0 Å². The zero-order chi connectivity index (χ0) is 13.2. The highest BCUT2D eigenvalue weighted by molar-refractivity contribution is 7.99. The second kappa shape index (κ2) is 9.54. The largest absolute Gasteiger partial charge is 0.492 e. The molecule has 1 aromatic rings. The van der Waals surface area contributed by atoms with Crippen molar-refractivity contribution in [1.29, 1.82) is 0 Å². The molecule has 0 aliphatic rings. The van der Waals surface area contributed by atoms with Crippen LogP contribution in [0, 0.1) is 0 Å². The first-order valence-electron chi connectivity index (χ1n) is 6.47. The van der Waals surface area contributed by atoms with E-state index < -0.39 is 0 Å². The molecule has 0 saturated carbocycles. The lowest BCUT2D eigenvalue weighted by Crippen LogP contribution is -2.15. The molecule has 0 heterocycles. The number of rotatable bonds is 9. The summed E-state index contributed by atoms with van der Waals surface area (Å²) in [5.74, 6) is 3.11. The van der Waals surface area contributed by atoms with Crippen LogP contribution in [0.15, 0.2) is 18.2 Å². The first-order chi connectivity index (χ1) is 8.77. The number of ether oxygens (including phenoxy) is 1. The summed E-state index contributed by atoms with van der Waals surface area (Å²) < 4.78 is 5.81. The molecule has 0 aromatic heterocycles. The summed E-state index contributed by atoms with van der Waals surface area (Å²) in [7, 11) is 0. The molecule has 0 spiro atoms. The van der Waals surface area contributed by atoms with E-state index in [9.17, 15) is 0 Å². The summed E-state index contributed by atoms with van der Waals surface area (Å²) in [6.45, 7) is 6.89. The molecular formula is C14H22ClNOS. The molecule has 0 atom stereocenters. The Morgan fingerprint density at radius 2 is 2.17 bits per heavy atom. The van der Waals surface area contributed by atoms with Crippen molar-refractivity contribution in [3.05, 3.63) is 28.8 Å². The smallest absolute Gasteiger partial charge is 0.123 e. The van der Waals surface area contributed by atoms with E-state index in [2.05, 4.69) is 19.2 Å². The molecule has 0 fully saturated rings. The molecule has 0 aliphatic heterocycles. The topological polar surface area (TPSA) is 21.3 Å². The van der Waals surface area contributed by atoms with Crippen molar-refractivity contribution in [2.45, 2.75) is 26.8 Å². The predicted molar refractivity (Wildman–Crippen MR) is 81.9 cm³/mol. The van der Waals surface area contributed by atoms with Gasteiger partial charge in [0.25, 0.3) is 0 Å². The fourth-order valence-electron chi connectivity index (χ4n) is 1.58. The van der Waals surface area contributed by atoms with E-state index in [1.807, 2.05) is 30.0 Å². The predicted octanol–water partition coefficient (Wildman–Crippen LogP) is 3.97. The third-order valence-electron chi connectivity index (χ3n) is 2.45. The molecule has 4 heteroatoms. The maximum Gasteiger partial charge on any atom is 0.123 e. The van der Waals surface area contributed by atoms with Crippen LogP contribution in [0.2, 0.25) is 5.02 Å². The second-order valence-corrected chi connectivity index (χ2v) is 5.80. The van der Waals surface area contributed by atoms with Gasteiger partial charge in [0.1, 0.15) is 5.75 Å². The van der Waals surface area contributed by atoms with Gasteiger partial charge in [0, 0.05) is 22.9 Å². The van der Waals surface area contributed by atoms with Crippen LogP contribution in [-0.2, 0) is 6.54 Å². The van der Waals surface area contributed by atoms with Crippen LogP contribution in [0.3, 0.4) is 0 Å². The summed E-state index contributed by atoms with van der Waals surface area (Å²) in [5.41, 5.74) is 1.14. The molecule has 0 radical (unpaired) electrons. The van der Waals surface area contributed by atoms with Crippen molar-refractivity contribution in [1.82, 2.24) is 5.32 Å². The quantitative estimate of drug-likeness (QED) is 0.695. The summed E-state index contributed by atoms with van der Waals surface area (Å²) in [6, 6.07) is 5.82. The lowest BCUT2D eigenvalue weighted by atomic mass is 10.2. The van der Waals surface area contributed by atoms with Crippen molar-refractivity contribution in [2.75, 3.05) is 24.7 Å². The molecule has 0 aliphatic carbocycles. The fourth-order valence-corrected chi connectivity index (χ4v) is 2.27. The minimum atomic E-state index is 0.751. The van der Waals surface area contributed by atoms with Gasteiger partial charge in [-0.1, -0.05) is 25.4 Å². The maximum absolute atomic E-state index is 6.03. The van der Waals surface area contributed by atoms with Gasteiger partial charge in [0.15, 0.2) is 0 Å². The summed E-state index contributed by atoms with van der Waals surface area (Å²) >= 11 is 7.92. The Bertz CT molecular complexity index is 347. The average Bonchev–Trinajstić information content (AvgIpc) is 2.37. The van der Waals surface area contributed by atoms with Gasteiger partial charge in [-0.25, -0.2) is 0 Å². The van der Waals surface area contributed by atoms with E-state index >= 15 is 0 Å². The van der Waals surface area contributed by atoms with E-state index in [1.165, 1.54) is 0 Å². The highest BCUT2D eigenvalue weighted by Gasteiger charge is 2.04. The van der Waals surface area contributed by atoms with Gasteiger partial charge in [0.2, 0.25) is 0 Å². The molecule has 102 valence electrons. The number of benzene rings is 1. The normalized spacial score (nSPS) is 10.6. The molecule has 2 nitrogen and oxygen atoms in total. The van der Waals surface area contributed by atoms with Gasteiger partial charge in [0.05, 0.1) is 6.61 Å². The minimum absolute atomic E-state index is 0.751. The average molecular weight is 288 g/mol. The lowest BCUT2D eigenvalue weighted by molar-refractivity contribution is 0.339. The van der Waals surface area contributed by atoms with E-state index in [0.717, 1.165) is 54.0 Å². The molecule has 0 bridgehead atoms. The maximum atomic E-state index is 6.03. The number of hydrogen-bond donors (Lipinski definition) is 1. The van der Waals surface area contributed by atoms with Crippen molar-refractivity contribution in [2.24, 2.45) is 0 Å². The highest BCUT2D eigenvalue weighted by Crippen LogP contribution is 2.23. The van der Waals surface area contributed by atoms with Crippen molar-refractivity contribution in [3.8, 4) is 5.75 Å². The van der Waals surface area contributed by atoms with Crippen molar-refractivity contribution >= 4 is 23.4 Å². The molecule has 1 aromatic carbocycles. The number of nitrogens with one attached hydrogen (secondary N) is 1. The third kappa shape index (κ3) is 5.98. The zero-order valence-electron chi connectivity index (χ0n) is 11.2. The first kappa shape index (κ1) is 15.7. The van der Waals surface area contributed by atoms with Crippen LogP contribution in [0.25, 0.3) is 0 Å². The Morgan fingerprint density at radius 3 is 2.89 bits per heavy atom. The standard InChI is InChI=1S/C14H22ClNOS/c1-3-7-16-11-12-10-13(15)5-6-14(12)17-8-9-18-4-2/h5-6,10,16H,3-4,7-9,11H2,1-2H3. The summed E-state index contributed by atoms with van der Waals surface area (Å²) in [6.07, 6.45) is 1.13. The van der Waals surface area contributed by atoms with E-state index in [4.69, 9.17) is 16.3 Å². The monoisotopic (exact) mass is 287 g/mol. The summed E-state index contributed by atoms with van der Waals surface area (Å²) in [5, 5.41) is 4.14. The lowest BCUT2D eigenvalue weighted by Gasteiger charge is -2.12. The Hall–Kier alpha value is -0.380. The van der Waals surface area contributed by atoms with Crippen molar-refractivity contribution in [3.63, 3.8) is 0 Å². The Morgan fingerprint density at radius 1 is 1.33 bits per heavy atom. The SMILES string of the molecule is CCCNCc1cc(Cl)ccc1OCCSCC. The molecule has 18 heavy (non-hydrogen) atoms. The van der Waals surface area contributed by atoms with Gasteiger partial charge in [-0.15, -0.1) is 0 Å². The van der Waals surface area contributed by atoms with Crippen LogP contribution < -0.4 is 10.1 Å². The molecule has 0 unspecified atom stereocenters. The van der Waals surface area contributed by atoms with Gasteiger partial charge in [-0.05, 0) is 36.9 Å². The molecular weight excluding hydrogens is 266 g/mol. The highest BCUT2D eigenvalue weighted by atomic mass is 35.5. The first-order valence-corrected chi connectivity index (χ1v) is 8.00. The fraction of sp³-hybridized carbons (Fsp3) is 0.571. The van der Waals surface area contributed by atoms with Crippen LogP contribution >= 0.6 is 23.4 Å². The molecule has 0 saturated heterocycles. The van der Waals surface area contributed by atoms with Gasteiger partial charge in [-0.2, -0.15) is 11.8 Å². The summed E-state index contributed by atoms with van der Waals surface area (Å²) in [4.78, 5) is 0. The van der Waals surface area contributed by atoms with Crippen LogP contribution in [-0.4, -0.2) is 24.7 Å². The number of thioether (sulfide) groups is 1. The number of hydrogen-bond acceptors (Lipinski definition) is 3. The third-order valence-corrected chi connectivity index (χ3v) is 3.55. The molecule has 1 rings (SSSR count). The van der Waals surface area contributed by atoms with Crippen LogP contribution in [0.5, 0.6) is 5.75 Å². The zero-order valence-corrected chi connectivity index (χ0v) is 12.7. The molecule has 1 N–H and O–H groups in total. The Kier molecular flexibility index (Phi) is 8.31. The minimum Gasteiger partial charge on any atom is -0.492 e. The molecule has 0 amide bonds. The van der Waals surface area contributed by atoms with Gasteiger partial charge < -0.3 is 10.1 Å². The van der Waals surface area contributed by atoms with E-state index in [0.29, 0.717) is 0 Å². The second-order valence-electron chi connectivity index (χ2n) is 3.97. The van der Waals surface area contributed by atoms with E-state index in [1.54, 1.807) is 0 Å². The van der Waals surface area contributed by atoms with Gasteiger partial charge >= 0.3 is 0 Å². The van der Waals surface area contributed by atoms with E-state index in [-0.39, 0.29) is 0 Å². The van der Waals surface area contributed by atoms with Crippen molar-refractivity contribution < 1.29 is 4.74 Å². The van der Waals surface area contributed by atoms with Gasteiger partial charge in [-0.3, -0.25) is 0 Å². The van der Waals surface area contributed by atoms with Crippen LogP contribution in [0.1, 0.15) is 25.8 Å². The Balaban J connectivity index is 2.52. The number of halogens is 1. The Labute approximate surface area is 119 Å².